The van der Waals surface area contributed by atoms with Crippen LogP contribution in [0.5, 0.6) is 0 Å². The Morgan fingerprint density at radius 3 is 2.10 bits per heavy atom. The highest BCUT2D eigenvalue weighted by Crippen LogP contribution is 2.28. The van der Waals surface area contributed by atoms with E-state index in [0.29, 0.717) is 17.3 Å². The molecule has 0 fully saturated rings. The van der Waals surface area contributed by atoms with E-state index < -0.39 is 10.0 Å². The molecule has 0 amide bonds. The molecule has 0 saturated heterocycles. The summed E-state index contributed by atoms with van der Waals surface area (Å²) in [5.41, 5.74) is 2.03. The van der Waals surface area contributed by atoms with Crippen molar-refractivity contribution in [3.05, 3.63) is 93.4 Å². The lowest BCUT2D eigenvalue weighted by molar-refractivity contribution is -0.142. The van der Waals surface area contributed by atoms with Crippen molar-refractivity contribution >= 4 is 49.2 Å². The Bertz CT molecular complexity index is 1130. The number of hydrogen-bond donors (Lipinski definition) is 0. The highest BCUT2D eigenvalue weighted by atomic mass is 79.9. The van der Waals surface area contributed by atoms with Crippen LogP contribution in [0, 0.1) is 0 Å². The second-order valence-electron chi connectivity index (χ2n) is 6.74. The molecule has 0 radical (unpaired) electrons. The average molecular weight is 523 g/mol. The van der Waals surface area contributed by atoms with E-state index in [9.17, 15) is 13.2 Å². The van der Waals surface area contributed by atoms with Gasteiger partial charge in [0.2, 0.25) is 0 Å². The van der Waals surface area contributed by atoms with E-state index in [4.69, 9.17) is 16.3 Å². The lowest BCUT2D eigenvalue weighted by atomic mass is 10.1. The monoisotopic (exact) mass is 521 g/mol. The highest BCUT2D eigenvalue weighted by molar-refractivity contribution is 9.10. The Labute approximate surface area is 195 Å². The second-order valence-corrected chi connectivity index (χ2v) is 9.95. The van der Waals surface area contributed by atoms with Gasteiger partial charge in [-0.05, 0) is 66.6 Å². The second kappa shape index (κ2) is 10.3. The first kappa shape index (κ1) is 23.3. The Kier molecular flexibility index (Phi) is 7.75. The van der Waals surface area contributed by atoms with Crippen molar-refractivity contribution in [2.45, 2.75) is 24.8 Å². The summed E-state index contributed by atoms with van der Waals surface area (Å²) in [6.45, 7) is 2.20. The van der Waals surface area contributed by atoms with Gasteiger partial charge in [-0.15, -0.1) is 0 Å². The van der Waals surface area contributed by atoms with Crippen LogP contribution in [0.3, 0.4) is 0 Å². The number of hydrogen-bond acceptors (Lipinski definition) is 4. The van der Waals surface area contributed by atoms with Crippen LogP contribution in [0.2, 0.25) is 5.02 Å². The number of benzene rings is 3. The molecule has 0 spiro atoms. The third kappa shape index (κ3) is 6.09. The topological polar surface area (TPSA) is 63.7 Å². The Balaban J connectivity index is 1.96. The molecule has 162 valence electrons. The molecular formula is C23H21BrClNO4S. The van der Waals surface area contributed by atoms with Crippen molar-refractivity contribution in [1.29, 1.82) is 0 Å². The number of rotatable bonds is 8. The molecule has 3 rings (SSSR count). The van der Waals surface area contributed by atoms with Crippen molar-refractivity contribution in [3.8, 4) is 0 Å². The predicted octanol–water partition coefficient (Wildman–Crippen LogP) is 5.60. The lowest BCUT2D eigenvalue weighted by Crippen LogP contribution is -2.30. The Hall–Kier alpha value is -2.35. The summed E-state index contributed by atoms with van der Waals surface area (Å²) < 4.78 is 34.1. The van der Waals surface area contributed by atoms with Crippen molar-refractivity contribution in [1.82, 2.24) is 0 Å². The van der Waals surface area contributed by atoms with Gasteiger partial charge in [-0.1, -0.05) is 51.8 Å². The largest absolute Gasteiger partial charge is 0.466 e. The summed E-state index contributed by atoms with van der Waals surface area (Å²) in [7, 11) is -3.84. The van der Waals surface area contributed by atoms with Gasteiger partial charge in [0.1, 0.15) is 0 Å². The zero-order chi connectivity index (χ0) is 22.4. The van der Waals surface area contributed by atoms with Crippen molar-refractivity contribution in [2.24, 2.45) is 0 Å². The predicted molar refractivity (Wildman–Crippen MR) is 126 cm³/mol. The van der Waals surface area contributed by atoms with E-state index in [0.717, 1.165) is 15.6 Å². The van der Waals surface area contributed by atoms with Gasteiger partial charge in [0.05, 0.1) is 30.2 Å². The van der Waals surface area contributed by atoms with Crippen LogP contribution in [0.1, 0.15) is 18.1 Å². The van der Waals surface area contributed by atoms with Crippen LogP contribution < -0.4 is 4.31 Å². The van der Waals surface area contributed by atoms with Crippen LogP contribution in [0.15, 0.2) is 82.2 Å². The minimum absolute atomic E-state index is 0.130. The van der Waals surface area contributed by atoms with E-state index in [-0.39, 0.29) is 23.8 Å². The van der Waals surface area contributed by atoms with E-state index >= 15 is 0 Å². The van der Waals surface area contributed by atoms with Crippen LogP contribution in [0.4, 0.5) is 5.69 Å². The minimum Gasteiger partial charge on any atom is -0.466 e. The average Bonchev–Trinajstić information content (AvgIpc) is 2.74. The maximum Gasteiger partial charge on any atom is 0.310 e. The van der Waals surface area contributed by atoms with Crippen molar-refractivity contribution < 1.29 is 17.9 Å². The number of halogens is 2. The number of esters is 1. The lowest BCUT2D eigenvalue weighted by Gasteiger charge is -2.25. The minimum atomic E-state index is -3.84. The Morgan fingerprint density at radius 1 is 0.935 bits per heavy atom. The van der Waals surface area contributed by atoms with E-state index in [1.807, 2.05) is 0 Å². The number of carbonyl (C=O) groups excluding carboxylic acids is 1. The first-order valence-electron chi connectivity index (χ1n) is 9.57. The summed E-state index contributed by atoms with van der Waals surface area (Å²) in [4.78, 5) is 11.9. The molecule has 0 aliphatic carbocycles. The van der Waals surface area contributed by atoms with Crippen molar-refractivity contribution in [2.75, 3.05) is 10.9 Å². The van der Waals surface area contributed by atoms with Crippen LogP contribution >= 0.6 is 27.5 Å². The van der Waals surface area contributed by atoms with Gasteiger partial charge in [0, 0.05) is 9.50 Å². The van der Waals surface area contributed by atoms with Gasteiger partial charge < -0.3 is 4.74 Å². The first-order valence-corrected chi connectivity index (χ1v) is 12.2. The number of carbonyl (C=O) groups is 1. The van der Waals surface area contributed by atoms with Gasteiger partial charge >= 0.3 is 5.97 Å². The molecule has 3 aromatic carbocycles. The molecule has 5 nitrogen and oxygen atoms in total. The molecule has 0 aliphatic heterocycles. The van der Waals surface area contributed by atoms with Gasteiger partial charge in [-0.25, -0.2) is 8.42 Å². The molecule has 31 heavy (non-hydrogen) atoms. The summed E-state index contributed by atoms with van der Waals surface area (Å²) in [5, 5.41) is 0.578. The van der Waals surface area contributed by atoms with Gasteiger partial charge in [0.25, 0.3) is 10.0 Å². The fraction of sp³-hybridized carbons (Fsp3) is 0.174. The molecule has 0 saturated carbocycles. The highest BCUT2D eigenvalue weighted by Gasteiger charge is 2.25. The summed E-state index contributed by atoms with van der Waals surface area (Å²) in [5.74, 6) is -0.323. The molecule has 0 aliphatic rings. The molecule has 0 unspecified atom stereocenters. The standard InChI is InChI=1S/C23H21BrClNO4S/c1-2-30-23(27)15-17-5-11-21(12-6-17)26(16-18-3-9-20(25)10-4-18)31(28,29)22-13-7-19(24)8-14-22/h3-14H,2,15-16H2,1H3. The summed E-state index contributed by atoms with van der Waals surface area (Å²) >= 11 is 9.31. The summed E-state index contributed by atoms with van der Waals surface area (Å²) in [6, 6.07) is 20.4. The van der Waals surface area contributed by atoms with Crippen LogP contribution in [0.25, 0.3) is 0 Å². The number of ether oxygens (including phenoxy) is 1. The quantitative estimate of drug-likeness (QED) is 0.361. The van der Waals surface area contributed by atoms with E-state index in [1.165, 1.54) is 4.31 Å². The zero-order valence-corrected chi connectivity index (χ0v) is 20.0. The zero-order valence-electron chi connectivity index (χ0n) is 16.8. The van der Waals surface area contributed by atoms with Gasteiger partial charge in [0.15, 0.2) is 0 Å². The van der Waals surface area contributed by atoms with Crippen LogP contribution in [-0.2, 0) is 32.5 Å². The molecule has 8 heteroatoms. The maximum absolute atomic E-state index is 13.5. The van der Waals surface area contributed by atoms with Crippen LogP contribution in [-0.4, -0.2) is 21.0 Å². The molecule has 0 N–H and O–H groups in total. The normalized spacial score (nSPS) is 11.2. The third-order valence-electron chi connectivity index (χ3n) is 4.52. The fourth-order valence-corrected chi connectivity index (χ4v) is 4.81. The molecule has 3 aromatic rings. The number of anilines is 1. The third-order valence-corrected chi connectivity index (χ3v) is 7.09. The summed E-state index contributed by atoms with van der Waals surface area (Å²) in [6.07, 6.45) is 0.130. The molecular weight excluding hydrogens is 502 g/mol. The number of nitrogens with zero attached hydrogens (tertiary/aromatic N) is 1. The fourth-order valence-electron chi connectivity index (χ4n) is 2.96. The maximum atomic E-state index is 13.5. The molecule has 0 heterocycles. The van der Waals surface area contributed by atoms with Gasteiger partial charge in [-0.3, -0.25) is 9.10 Å². The Morgan fingerprint density at radius 2 is 1.52 bits per heavy atom. The molecule has 0 atom stereocenters. The smallest absolute Gasteiger partial charge is 0.310 e. The van der Waals surface area contributed by atoms with E-state index in [1.54, 1.807) is 79.7 Å². The number of sulfonamides is 1. The first-order chi connectivity index (χ1) is 14.8. The SMILES string of the molecule is CCOC(=O)Cc1ccc(N(Cc2ccc(Cl)cc2)S(=O)(=O)c2ccc(Br)cc2)cc1. The molecule has 0 bridgehead atoms. The van der Waals surface area contributed by atoms with Crippen molar-refractivity contribution in [3.63, 3.8) is 0 Å². The molecule has 0 aromatic heterocycles. The van der Waals surface area contributed by atoms with E-state index in [2.05, 4.69) is 15.9 Å². The van der Waals surface area contributed by atoms with Gasteiger partial charge in [-0.2, -0.15) is 0 Å².